The maximum atomic E-state index is 6.72. The molecule has 0 radical (unpaired) electrons. The van der Waals surface area contributed by atoms with Crippen LogP contribution in [0.3, 0.4) is 0 Å². The molecular weight excluding hydrogens is 1810 g/mol. The van der Waals surface area contributed by atoms with E-state index in [-0.39, 0.29) is 0 Å². The molecule has 0 bridgehead atoms. The lowest BCUT2D eigenvalue weighted by Gasteiger charge is -2.12. The number of fused-ring (bicyclic) bond motifs is 27. The molecule has 0 spiro atoms. The number of para-hydroxylation sites is 4. The lowest BCUT2D eigenvalue weighted by Crippen LogP contribution is -2.00. The Morgan fingerprint density at radius 3 is 0.863 bits per heavy atom. The Hall–Kier alpha value is -19.6. The summed E-state index contributed by atoms with van der Waals surface area (Å²) in [7, 11) is 0. The molecule has 0 aliphatic carbocycles. The molecule has 0 aliphatic heterocycles. The van der Waals surface area contributed by atoms with Gasteiger partial charge in [0.15, 0.2) is 63.6 Å². The van der Waals surface area contributed by atoms with Gasteiger partial charge in [0.1, 0.15) is 11.2 Å². The second-order valence-electron chi connectivity index (χ2n) is 36.5. The maximum absolute atomic E-state index is 6.72. The first-order chi connectivity index (χ1) is 72.4. The SMILES string of the molecule is c1ccc(-c2ccc3c4ccc5c6ccccc6oc5c4n(-c4ccc(-c5nc(-c6ccccc6)nc(-c6ccccc6)n5)cc4)c3c2)cc1.c1ccc(-c2nc(-c3ccccc3)nc(-c3ccc(-n4c5ccccc5c5c6ccccc6c6c7ccccc7oc6c54)cc3)n2)cc1.c1ccc(-c2nc(-c3ccccc3)nc(-c3ccc(-n4c5ccccc5c5c6ccccc6c6c7ccccc7sc6c54)cc3)n2)cc1. The average molecular weight is 1890 g/mol. The fourth-order valence-corrected chi connectivity index (χ4v) is 22.5. The van der Waals surface area contributed by atoms with Crippen LogP contribution in [0.5, 0.6) is 0 Å². The van der Waals surface area contributed by atoms with Gasteiger partial charge in [-0.15, -0.1) is 11.3 Å². The third-order valence-electron chi connectivity index (χ3n) is 27.9. The predicted molar refractivity (Wildman–Crippen MR) is 599 cm³/mol. The van der Waals surface area contributed by atoms with Crippen LogP contribution in [0.1, 0.15) is 0 Å². The molecule has 0 aliphatic rings. The quantitative estimate of drug-likeness (QED) is 0.108. The van der Waals surface area contributed by atoms with Gasteiger partial charge in [0.2, 0.25) is 0 Å². The molecule has 21 aromatic carbocycles. The van der Waals surface area contributed by atoms with Crippen molar-refractivity contribution >= 4 is 162 Å². The predicted octanol–water partition coefficient (Wildman–Crippen LogP) is 34.0. The van der Waals surface area contributed by atoms with E-state index in [4.69, 9.17) is 53.7 Å². The van der Waals surface area contributed by atoms with Gasteiger partial charge in [0, 0.05) is 136 Å². The molecule has 0 saturated heterocycles. The van der Waals surface area contributed by atoms with Gasteiger partial charge in [-0.25, -0.2) is 44.9 Å². The molecule has 0 N–H and O–H groups in total. The molecule has 0 atom stereocenters. The van der Waals surface area contributed by atoms with Crippen molar-refractivity contribution in [3.8, 4) is 131 Å². The summed E-state index contributed by atoms with van der Waals surface area (Å²) in [5.41, 5.74) is 24.2. The van der Waals surface area contributed by atoms with E-state index >= 15 is 0 Å². The Morgan fingerprint density at radius 2 is 0.445 bits per heavy atom. The standard InChI is InChI=1S/C45H28N4O.C43H26N4O.C43H26N4S/c1-4-12-29(13-5-1)33-22-25-35-37-26-27-38-36-18-10-11-19-40(36)50-42(38)41(37)49(39(35)28-33)34-23-20-32(21-24-34)45-47-43(30-14-6-2-7-15-30)46-44(48-45)31-16-8-3-9-17-31;2*1-3-13-27(14-4-1)41-44-42(28-15-5-2-6-16-28)46-43(45-41)29-23-25-30(26-24-29)47-35-21-11-9-19-33(35)37-31-17-7-8-18-32(31)38-34-20-10-12-22-36(34)48-40(38)39(37)47/h1-28H;2*1-26H. The molecule has 15 heteroatoms. The van der Waals surface area contributed by atoms with Gasteiger partial charge in [-0.2, -0.15) is 0 Å². The molecule has 0 saturated carbocycles. The monoisotopic (exact) mass is 1880 g/mol. The van der Waals surface area contributed by atoms with Crippen LogP contribution in [0, 0.1) is 0 Å². The third kappa shape index (κ3) is 14.5. The first-order valence-corrected chi connectivity index (χ1v) is 49.6. The summed E-state index contributed by atoms with van der Waals surface area (Å²) in [4.78, 5) is 44.3. The van der Waals surface area contributed by atoms with Gasteiger partial charge < -0.3 is 22.5 Å². The summed E-state index contributed by atoms with van der Waals surface area (Å²) in [5.74, 6) is 5.78. The smallest absolute Gasteiger partial charge is 0.164 e. The Balaban J connectivity index is 0.000000106. The normalized spacial score (nSPS) is 11.7. The van der Waals surface area contributed by atoms with Crippen molar-refractivity contribution in [3.63, 3.8) is 0 Å². The fourth-order valence-electron chi connectivity index (χ4n) is 21.2. The molecule has 9 heterocycles. The molecule has 9 aromatic heterocycles. The topological polar surface area (TPSA) is 157 Å². The highest BCUT2D eigenvalue weighted by molar-refractivity contribution is 7.27. The molecule has 30 rings (SSSR count). The summed E-state index contributed by atoms with van der Waals surface area (Å²) >= 11 is 1.88. The third-order valence-corrected chi connectivity index (χ3v) is 29.1. The molecule has 30 aromatic rings. The minimum atomic E-state index is 0.623. The minimum Gasteiger partial charge on any atom is -0.454 e. The number of aromatic nitrogens is 12. The fraction of sp³-hybridized carbons (Fsp3) is 0. The van der Waals surface area contributed by atoms with Gasteiger partial charge in [-0.05, 0) is 148 Å². The summed E-state index contributed by atoms with van der Waals surface area (Å²) in [6, 6.07) is 168. The van der Waals surface area contributed by atoms with Crippen LogP contribution in [0.25, 0.3) is 282 Å². The number of hydrogen-bond acceptors (Lipinski definition) is 12. The molecule has 146 heavy (non-hydrogen) atoms. The van der Waals surface area contributed by atoms with Crippen LogP contribution in [-0.2, 0) is 0 Å². The van der Waals surface area contributed by atoms with Crippen molar-refractivity contribution in [1.29, 1.82) is 0 Å². The number of nitrogens with zero attached hydrogens (tertiary/aromatic N) is 12. The Bertz CT molecular complexity index is 9790. The van der Waals surface area contributed by atoms with Crippen LogP contribution in [-0.4, -0.2) is 58.6 Å². The van der Waals surface area contributed by atoms with E-state index in [0.29, 0.717) is 52.4 Å². The lowest BCUT2D eigenvalue weighted by molar-refractivity contribution is 0.671. The van der Waals surface area contributed by atoms with E-state index in [1.54, 1.807) is 0 Å². The van der Waals surface area contributed by atoms with E-state index < -0.39 is 0 Å². The van der Waals surface area contributed by atoms with Gasteiger partial charge in [-0.1, -0.05) is 370 Å². The van der Waals surface area contributed by atoms with E-state index in [9.17, 15) is 0 Å². The average Bonchev–Trinajstić information content (AvgIpc) is 1.54. The first-order valence-electron chi connectivity index (χ1n) is 48.8. The molecular formula is C131H80N12O2S. The van der Waals surface area contributed by atoms with Gasteiger partial charge in [-0.3, -0.25) is 0 Å². The van der Waals surface area contributed by atoms with Crippen LogP contribution < -0.4 is 0 Å². The number of rotatable bonds is 13. The zero-order valence-corrected chi connectivity index (χ0v) is 79.1. The summed E-state index contributed by atoms with van der Waals surface area (Å²) < 4.78 is 23.1. The van der Waals surface area contributed by atoms with Crippen LogP contribution in [0.4, 0.5) is 0 Å². The maximum Gasteiger partial charge on any atom is 0.164 e. The van der Waals surface area contributed by atoms with Crippen molar-refractivity contribution < 1.29 is 8.83 Å². The van der Waals surface area contributed by atoms with Gasteiger partial charge in [0.05, 0.1) is 37.8 Å². The molecule has 14 nitrogen and oxygen atoms in total. The van der Waals surface area contributed by atoms with E-state index in [2.05, 4.69) is 299 Å². The van der Waals surface area contributed by atoms with Crippen molar-refractivity contribution in [3.05, 3.63) is 485 Å². The summed E-state index contributed by atoms with van der Waals surface area (Å²) in [5, 5.41) is 19.3. The molecule has 0 amide bonds. The number of benzene rings is 21. The molecule has 682 valence electrons. The lowest BCUT2D eigenvalue weighted by atomic mass is 9.99. The van der Waals surface area contributed by atoms with Crippen LogP contribution >= 0.6 is 11.3 Å². The number of furan rings is 2. The van der Waals surface area contributed by atoms with E-state index in [0.717, 1.165) is 144 Å². The second kappa shape index (κ2) is 35.3. The van der Waals surface area contributed by atoms with Crippen LogP contribution in [0.2, 0.25) is 0 Å². The Labute approximate surface area is 839 Å². The van der Waals surface area contributed by atoms with Crippen molar-refractivity contribution in [2.75, 3.05) is 0 Å². The number of thiophene rings is 1. The minimum absolute atomic E-state index is 0.623. The highest BCUT2D eigenvalue weighted by atomic mass is 32.1. The zero-order chi connectivity index (χ0) is 96.2. The molecule has 0 fully saturated rings. The second-order valence-corrected chi connectivity index (χ2v) is 37.5. The van der Waals surface area contributed by atoms with Gasteiger partial charge in [0.25, 0.3) is 0 Å². The van der Waals surface area contributed by atoms with E-state index in [1.165, 1.54) is 85.2 Å². The Kier molecular flexibility index (Phi) is 20.4. The van der Waals surface area contributed by atoms with Gasteiger partial charge >= 0.3 is 0 Å². The summed E-state index contributed by atoms with van der Waals surface area (Å²) in [6.45, 7) is 0. The molecule has 0 unspecified atom stereocenters. The number of hydrogen-bond donors (Lipinski definition) is 0. The van der Waals surface area contributed by atoms with Crippen LogP contribution in [0.15, 0.2) is 494 Å². The van der Waals surface area contributed by atoms with Crippen molar-refractivity contribution in [2.45, 2.75) is 0 Å². The summed E-state index contributed by atoms with van der Waals surface area (Å²) in [6.07, 6.45) is 0. The zero-order valence-electron chi connectivity index (χ0n) is 78.3. The largest absolute Gasteiger partial charge is 0.454 e. The first kappa shape index (κ1) is 84.5. The van der Waals surface area contributed by atoms with Crippen molar-refractivity contribution in [2.24, 2.45) is 0 Å². The highest BCUT2D eigenvalue weighted by Gasteiger charge is 2.28. The van der Waals surface area contributed by atoms with Crippen molar-refractivity contribution in [1.82, 2.24) is 58.6 Å². The highest BCUT2D eigenvalue weighted by Crippen LogP contribution is 2.51. The Morgan fingerprint density at radius 1 is 0.164 bits per heavy atom. The van der Waals surface area contributed by atoms with E-state index in [1.807, 2.05) is 212 Å².